The van der Waals surface area contributed by atoms with Gasteiger partial charge in [-0.3, -0.25) is 9.67 Å². The molecule has 1 saturated heterocycles. The van der Waals surface area contributed by atoms with Crippen molar-refractivity contribution in [3.8, 4) is 0 Å². The summed E-state index contributed by atoms with van der Waals surface area (Å²) >= 11 is 0. The molecule has 0 atom stereocenters. The number of nitrogens with zero attached hydrogens (tertiary/aromatic N) is 5. The van der Waals surface area contributed by atoms with Crippen molar-refractivity contribution in [1.82, 2.24) is 30.2 Å². The predicted molar refractivity (Wildman–Crippen MR) is 115 cm³/mol. The van der Waals surface area contributed by atoms with Gasteiger partial charge in [0.25, 0.3) is 0 Å². The second-order valence-electron chi connectivity index (χ2n) is 6.40. The minimum atomic E-state index is 0. The molecule has 0 saturated carbocycles. The number of aliphatic imine (C=N–C) groups is 1. The lowest BCUT2D eigenvalue weighted by Gasteiger charge is -2.20. The fourth-order valence-electron chi connectivity index (χ4n) is 2.93. The van der Waals surface area contributed by atoms with E-state index in [0.29, 0.717) is 0 Å². The Kier molecular flexibility index (Phi) is 11.8. The van der Waals surface area contributed by atoms with Gasteiger partial charge in [0.05, 0.1) is 0 Å². The molecule has 2 N–H and O–H groups in total. The summed E-state index contributed by atoms with van der Waals surface area (Å²) in [6.45, 7) is 8.79. The van der Waals surface area contributed by atoms with Gasteiger partial charge in [-0.15, -0.1) is 24.0 Å². The molecule has 1 aromatic rings. The van der Waals surface area contributed by atoms with Gasteiger partial charge in [0.1, 0.15) is 0 Å². The van der Waals surface area contributed by atoms with Gasteiger partial charge in [0, 0.05) is 52.2 Å². The second kappa shape index (κ2) is 13.3. The Labute approximate surface area is 169 Å². The van der Waals surface area contributed by atoms with Crippen molar-refractivity contribution in [1.29, 1.82) is 0 Å². The van der Waals surface area contributed by atoms with Crippen LogP contribution in [-0.4, -0.2) is 85.4 Å². The van der Waals surface area contributed by atoms with Gasteiger partial charge in [0.2, 0.25) is 0 Å². The average molecular weight is 463 g/mol. The maximum absolute atomic E-state index is 4.28. The van der Waals surface area contributed by atoms with Crippen molar-refractivity contribution in [3.63, 3.8) is 0 Å². The monoisotopic (exact) mass is 463 g/mol. The first-order chi connectivity index (χ1) is 11.8. The third-order valence-corrected chi connectivity index (χ3v) is 4.39. The highest BCUT2D eigenvalue weighted by atomic mass is 127. The van der Waals surface area contributed by atoms with E-state index in [9.17, 15) is 0 Å². The molecule has 2 heterocycles. The van der Waals surface area contributed by atoms with Gasteiger partial charge >= 0.3 is 0 Å². The number of rotatable bonds is 8. The zero-order chi connectivity index (χ0) is 17.0. The number of halogens is 1. The first kappa shape index (κ1) is 22.2. The molecule has 0 amide bonds. The maximum atomic E-state index is 4.28. The van der Waals surface area contributed by atoms with E-state index in [4.69, 9.17) is 0 Å². The highest BCUT2D eigenvalue weighted by Gasteiger charge is 2.11. The summed E-state index contributed by atoms with van der Waals surface area (Å²) in [4.78, 5) is 9.28. The lowest BCUT2D eigenvalue weighted by atomic mass is 10.3. The van der Waals surface area contributed by atoms with Crippen LogP contribution in [0.15, 0.2) is 23.5 Å². The topological polar surface area (TPSA) is 60.7 Å². The molecule has 0 aliphatic carbocycles. The highest BCUT2D eigenvalue weighted by Crippen LogP contribution is 2.01. The molecule has 0 unspecified atom stereocenters. The van der Waals surface area contributed by atoms with Crippen LogP contribution in [0.2, 0.25) is 0 Å². The third-order valence-electron chi connectivity index (χ3n) is 4.39. The van der Waals surface area contributed by atoms with Crippen molar-refractivity contribution >= 4 is 29.9 Å². The molecule has 1 fully saturated rings. The Hall–Kier alpha value is -0.870. The molecule has 0 aromatic carbocycles. The summed E-state index contributed by atoms with van der Waals surface area (Å²) in [5.74, 6) is 0.895. The van der Waals surface area contributed by atoms with Gasteiger partial charge in [-0.1, -0.05) is 0 Å². The Balaban J connectivity index is 0.00000312. The molecule has 0 radical (unpaired) electrons. The van der Waals surface area contributed by atoms with Crippen molar-refractivity contribution in [2.24, 2.45) is 4.99 Å². The fraction of sp³-hybridized carbons (Fsp3) is 0.765. The summed E-state index contributed by atoms with van der Waals surface area (Å²) in [7, 11) is 4.04. The lowest BCUT2D eigenvalue weighted by Crippen LogP contribution is -2.39. The molecule has 0 spiro atoms. The summed E-state index contributed by atoms with van der Waals surface area (Å²) in [6.07, 6.45) is 7.27. The summed E-state index contributed by atoms with van der Waals surface area (Å²) in [5, 5.41) is 11.0. The van der Waals surface area contributed by atoms with E-state index in [1.54, 1.807) is 0 Å². The van der Waals surface area contributed by atoms with Gasteiger partial charge in [-0.05, 0) is 52.0 Å². The van der Waals surface area contributed by atoms with Crippen LogP contribution in [-0.2, 0) is 6.54 Å². The third kappa shape index (κ3) is 9.41. The average Bonchev–Trinajstić information content (AvgIpc) is 3.02. The summed E-state index contributed by atoms with van der Waals surface area (Å²) in [6, 6.07) is 1.95. The normalized spacial score (nSPS) is 17.0. The lowest BCUT2D eigenvalue weighted by molar-refractivity contribution is 0.274. The molecule has 1 aromatic heterocycles. The first-order valence-electron chi connectivity index (χ1n) is 9.11. The van der Waals surface area contributed by atoms with Crippen LogP contribution in [0.25, 0.3) is 0 Å². The zero-order valence-corrected chi connectivity index (χ0v) is 18.0. The van der Waals surface area contributed by atoms with E-state index < -0.39 is 0 Å². The van der Waals surface area contributed by atoms with E-state index in [-0.39, 0.29) is 24.0 Å². The van der Waals surface area contributed by atoms with Crippen molar-refractivity contribution < 1.29 is 0 Å². The van der Waals surface area contributed by atoms with Gasteiger partial charge < -0.3 is 20.4 Å². The molecule has 25 heavy (non-hydrogen) atoms. The fourth-order valence-corrected chi connectivity index (χ4v) is 2.93. The Bertz CT molecular complexity index is 464. The largest absolute Gasteiger partial charge is 0.356 e. The van der Waals surface area contributed by atoms with Gasteiger partial charge in [-0.25, -0.2) is 0 Å². The van der Waals surface area contributed by atoms with Crippen molar-refractivity contribution in [3.05, 3.63) is 18.5 Å². The molecule has 144 valence electrons. The van der Waals surface area contributed by atoms with Gasteiger partial charge in [-0.2, -0.15) is 5.10 Å². The summed E-state index contributed by atoms with van der Waals surface area (Å²) < 4.78 is 1.95. The number of guanidine groups is 1. The number of hydrogen-bond donors (Lipinski definition) is 2. The van der Waals surface area contributed by atoms with Crippen LogP contribution in [0, 0.1) is 0 Å². The minimum absolute atomic E-state index is 0. The number of likely N-dealkylation sites (N-methyl/N-ethyl adjacent to an activating group) is 1. The van der Waals surface area contributed by atoms with E-state index in [1.807, 2.05) is 30.2 Å². The Morgan fingerprint density at radius 2 is 1.84 bits per heavy atom. The predicted octanol–water partition coefficient (Wildman–Crippen LogP) is 1.08. The van der Waals surface area contributed by atoms with E-state index in [1.165, 1.54) is 32.6 Å². The Morgan fingerprint density at radius 1 is 1.08 bits per heavy atom. The van der Waals surface area contributed by atoms with Gasteiger partial charge in [0.15, 0.2) is 5.96 Å². The van der Waals surface area contributed by atoms with Crippen molar-refractivity contribution in [2.75, 3.05) is 59.9 Å². The van der Waals surface area contributed by atoms with E-state index in [2.05, 4.69) is 37.6 Å². The van der Waals surface area contributed by atoms with Crippen LogP contribution in [0.5, 0.6) is 0 Å². The molecule has 8 heteroatoms. The number of hydrogen-bond acceptors (Lipinski definition) is 4. The molecule has 1 aliphatic heterocycles. The molecular weight excluding hydrogens is 429 g/mol. The zero-order valence-electron chi connectivity index (χ0n) is 15.7. The van der Waals surface area contributed by atoms with Crippen LogP contribution in [0.4, 0.5) is 0 Å². The molecular formula is C17H34IN7. The van der Waals surface area contributed by atoms with Crippen molar-refractivity contribution in [2.45, 2.75) is 25.8 Å². The smallest absolute Gasteiger partial charge is 0.190 e. The second-order valence-corrected chi connectivity index (χ2v) is 6.40. The SMILES string of the molecule is CN=C(NCCCN1CCCN(C)CC1)NCCCn1cccn1.I. The number of nitrogens with one attached hydrogen (secondary N) is 2. The van der Waals surface area contributed by atoms with Crippen LogP contribution in [0.1, 0.15) is 19.3 Å². The number of aryl methyl sites for hydroxylation is 1. The molecule has 2 rings (SSSR count). The quantitative estimate of drug-likeness (QED) is 0.262. The minimum Gasteiger partial charge on any atom is -0.356 e. The first-order valence-corrected chi connectivity index (χ1v) is 9.11. The van der Waals surface area contributed by atoms with E-state index in [0.717, 1.165) is 45.0 Å². The highest BCUT2D eigenvalue weighted by molar-refractivity contribution is 14.0. The maximum Gasteiger partial charge on any atom is 0.190 e. The summed E-state index contributed by atoms with van der Waals surface area (Å²) in [5.41, 5.74) is 0. The van der Waals surface area contributed by atoms with E-state index >= 15 is 0 Å². The number of aromatic nitrogens is 2. The molecule has 1 aliphatic rings. The standard InChI is InChI=1S/C17H33N7.HI/c1-18-17(20-8-4-13-24-14-5-9-21-24)19-7-3-11-23-12-6-10-22(2)15-16-23;/h5,9,14H,3-4,6-8,10-13,15-16H2,1-2H3,(H2,18,19,20);1H. The van der Waals surface area contributed by atoms with Crippen LogP contribution >= 0.6 is 24.0 Å². The van der Waals surface area contributed by atoms with Crippen LogP contribution in [0.3, 0.4) is 0 Å². The molecule has 7 nitrogen and oxygen atoms in total. The van der Waals surface area contributed by atoms with Crippen LogP contribution < -0.4 is 10.6 Å². The Morgan fingerprint density at radius 3 is 2.52 bits per heavy atom. The molecule has 0 bridgehead atoms.